The maximum atomic E-state index is 12.8. The Morgan fingerprint density at radius 1 is 1.33 bits per heavy atom. The van der Waals surface area contributed by atoms with Gasteiger partial charge in [-0.1, -0.05) is 12.1 Å². The summed E-state index contributed by atoms with van der Waals surface area (Å²) in [4.78, 5) is 15.8. The number of aliphatic hydroxyl groups excluding tert-OH is 1. The standard InChI is InChI=1S/C16H23FN2O2/c1-18(2)14-10-19(11-15(14)20)16(21)5-3-4-12-6-8-13(17)9-7-12/h6-9,14-15,20H,3-5,10-11H2,1-2H3/t14-,15-/m1/s1. The van der Waals surface area contributed by atoms with Gasteiger partial charge in [-0.25, -0.2) is 4.39 Å². The van der Waals surface area contributed by atoms with Crippen molar-refractivity contribution in [3.05, 3.63) is 35.6 Å². The molecule has 1 N–H and O–H groups in total. The van der Waals surface area contributed by atoms with Crippen molar-refractivity contribution in [1.82, 2.24) is 9.80 Å². The number of hydrogen-bond donors (Lipinski definition) is 1. The van der Waals surface area contributed by atoms with Crippen LogP contribution in [0.15, 0.2) is 24.3 Å². The zero-order valence-electron chi connectivity index (χ0n) is 12.6. The van der Waals surface area contributed by atoms with E-state index >= 15 is 0 Å². The van der Waals surface area contributed by atoms with Crippen LogP contribution in [0, 0.1) is 5.82 Å². The number of rotatable bonds is 5. The predicted octanol–water partition coefficient (Wildman–Crippen LogP) is 1.28. The first-order valence-electron chi connectivity index (χ1n) is 7.34. The molecule has 1 aliphatic heterocycles. The number of nitrogens with zero attached hydrogens (tertiary/aromatic N) is 2. The highest BCUT2D eigenvalue weighted by molar-refractivity contribution is 5.76. The third-order valence-corrected chi connectivity index (χ3v) is 4.04. The fourth-order valence-electron chi connectivity index (χ4n) is 2.73. The topological polar surface area (TPSA) is 43.8 Å². The van der Waals surface area contributed by atoms with Crippen LogP contribution >= 0.6 is 0 Å². The summed E-state index contributed by atoms with van der Waals surface area (Å²) in [5, 5.41) is 9.94. The summed E-state index contributed by atoms with van der Waals surface area (Å²) in [7, 11) is 3.83. The van der Waals surface area contributed by atoms with E-state index in [1.165, 1.54) is 12.1 Å². The van der Waals surface area contributed by atoms with Gasteiger partial charge in [0.05, 0.1) is 12.1 Å². The largest absolute Gasteiger partial charge is 0.390 e. The van der Waals surface area contributed by atoms with Gasteiger partial charge in [0.2, 0.25) is 5.91 Å². The highest BCUT2D eigenvalue weighted by Gasteiger charge is 2.34. The van der Waals surface area contributed by atoms with Gasteiger partial charge in [-0.2, -0.15) is 0 Å². The number of aryl methyl sites for hydroxylation is 1. The van der Waals surface area contributed by atoms with Gasteiger partial charge in [0.15, 0.2) is 0 Å². The van der Waals surface area contributed by atoms with E-state index < -0.39 is 6.10 Å². The molecule has 1 aliphatic rings. The van der Waals surface area contributed by atoms with Gasteiger partial charge in [0.1, 0.15) is 5.82 Å². The molecule has 0 unspecified atom stereocenters. The quantitative estimate of drug-likeness (QED) is 0.890. The van der Waals surface area contributed by atoms with Crippen LogP contribution in [0.5, 0.6) is 0 Å². The van der Waals surface area contributed by atoms with Crippen molar-refractivity contribution in [2.24, 2.45) is 0 Å². The SMILES string of the molecule is CN(C)[C@@H]1CN(C(=O)CCCc2ccc(F)cc2)C[C@H]1O. The molecule has 21 heavy (non-hydrogen) atoms. The van der Waals surface area contributed by atoms with Gasteiger partial charge in [0, 0.05) is 19.5 Å². The predicted molar refractivity (Wildman–Crippen MR) is 79.4 cm³/mol. The molecule has 1 amide bonds. The van der Waals surface area contributed by atoms with Gasteiger partial charge < -0.3 is 14.9 Å². The van der Waals surface area contributed by atoms with Crippen molar-refractivity contribution >= 4 is 5.91 Å². The number of aliphatic hydroxyl groups is 1. The number of benzene rings is 1. The van der Waals surface area contributed by atoms with E-state index in [0.717, 1.165) is 18.4 Å². The van der Waals surface area contributed by atoms with Crippen molar-refractivity contribution < 1.29 is 14.3 Å². The summed E-state index contributed by atoms with van der Waals surface area (Å²) >= 11 is 0. The Morgan fingerprint density at radius 3 is 2.57 bits per heavy atom. The number of β-amino-alcohol motifs (C(OH)–C–C–N with tert-alkyl or cyclic N) is 1. The number of likely N-dealkylation sites (N-methyl/N-ethyl adjacent to an activating group) is 1. The summed E-state index contributed by atoms with van der Waals surface area (Å²) < 4.78 is 12.8. The van der Waals surface area contributed by atoms with E-state index in [-0.39, 0.29) is 17.8 Å². The summed E-state index contributed by atoms with van der Waals surface area (Å²) in [6, 6.07) is 6.40. The molecule has 5 heteroatoms. The number of amides is 1. The van der Waals surface area contributed by atoms with Crippen LogP contribution in [0.1, 0.15) is 18.4 Å². The van der Waals surface area contributed by atoms with Crippen molar-refractivity contribution in [1.29, 1.82) is 0 Å². The lowest BCUT2D eigenvalue weighted by Gasteiger charge is -2.21. The van der Waals surface area contributed by atoms with Crippen LogP contribution < -0.4 is 0 Å². The molecule has 1 aromatic carbocycles. The number of carbonyl (C=O) groups is 1. The van der Waals surface area contributed by atoms with Gasteiger partial charge in [-0.05, 0) is 44.6 Å². The van der Waals surface area contributed by atoms with Gasteiger partial charge in [-0.3, -0.25) is 4.79 Å². The van der Waals surface area contributed by atoms with Crippen molar-refractivity contribution in [2.45, 2.75) is 31.4 Å². The molecule has 0 bridgehead atoms. The molecule has 1 saturated heterocycles. The summed E-state index contributed by atoms with van der Waals surface area (Å²) in [5.74, 6) is -0.156. The minimum atomic E-state index is -0.471. The first-order valence-corrected chi connectivity index (χ1v) is 7.34. The summed E-state index contributed by atoms with van der Waals surface area (Å²) in [6.45, 7) is 1.00. The van der Waals surface area contributed by atoms with Crippen LogP contribution in [-0.4, -0.2) is 60.1 Å². The number of halogens is 1. The number of hydrogen-bond acceptors (Lipinski definition) is 3. The Labute approximate surface area is 125 Å². The maximum absolute atomic E-state index is 12.8. The third kappa shape index (κ3) is 4.25. The second kappa shape index (κ2) is 7.00. The van der Waals surface area contributed by atoms with Crippen LogP contribution in [0.2, 0.25) is 0 Å². The first-order chi connectivity index (χ1) is 9.97. The molecular weight excluding hydrogens is 271 g/mol. The summed E-state index contributed by atoms with van der Waals surface area (Å²) in [5.41, 5.74) is 1.04. The lowest BCUT2D eigenvalue weighted by Crippen LogP contribution is -2.38. The van der Waals surface area contributed by atoms with Crippen molar-refractivity contribution in [3.63, 3.8) is 0 Å². The number of likely N-dealkylation sites (tertiary alicyclic amines) is 1. The Morgan fingerprint density at radius 2 is 2.00 bits per heavy atom. The highest BCUT2D eigenvalue weighted by Crippen LogP contribution is 2.16. The molecule has 0 aliphatic carbocycles. The molecule has 116 valence electrons. The van der Waals surface area contributed by atoms with E-state index in [1.54, 1.807) is 17.0 Å². The highest BCUT2D eigenvalue weighted by atomic mass is 19.1. The second-order valence-corrected chi connectivity index (χ2v) is 5.88. The molecule has 2 rings (SSSR count). The molecule has 0 radical (unpaired) electrons. The molecule has 1 heterocycles. The molecule has 2 atom stereocenters. The Hall–Kier alpha value is -1.46. The smallest absolute Gasteiger partial charge is 0.222 e. The van der Waals surface area contributed by atoms with E-state index in [9.17, 15) is 14.3 Å². The van der Waals surface area contributed by atoms with Crippen molar-refractivity contribution in [2.75, 3.05) is 27.2 Å². The molecule has 0 spiro atoms. The monoisotopic (exact) mass is 294 g/mol. The Balaban J connectivity index is 1.76. The maximum Gasteiger partial charge on any atom is 0.222 e. The molecule has 1 aromatic rings. The van der Waals surface area contributed by atoms with Crippen LogP contribution in [0.25, 0.3) is 0 Å². The van der Waals surface area contributed by atoms with Crippen LogP contribution in [-0.2, 0) is 11.2 Å². The van der Waals surface area contributed by atoms with Gasteiger partial charge in [-0.15, -0.1) is 0 Å². The normalized spacial score (nSPS) is 22.0. The zero-order chi connectivity index (χ0) is 15.4. The van der Waals surface area contributed by atoms with Crippen LogP contribution in [0.4, 0.5) is 4.39 Å². The minimum Gasteiger partial charge on any atom is -0.390 e. The minimum absolute atomic E-state index is 0.0195. The average molecular weight is 294 g/mol. The molecule has 0 aromatic heterocycles. The molecule has 4 nitrogen and oxygen atoms in total. The second-order valence-electron chi connectivity index (χ2n) is 5.88. The van der Waals surface area contributed by atoms with E-state index in [4.69, 9.17) is 0 Å². The fraction of sp³-hybridized carbons (Fsp3) is 0.562. The Bertz CT molecular complexity index is 476. The zero-order valence-corrected chi connectivity index (χ0v) is 12.6. The molecule has 0 saturated carbocycles. The first kappa shape index (κ1) is 15.9. The van der Waals surface area contributed by atoms with Crippen LogP contribution in [0.3, 0.4) is 0 Å². The lowest BCUT2D eigenvalue weighted by atomic mass is 10.1. The lowest BCUT2D eigenvalue weighted by molar-refractivity contribution is -0.130. The summed E-state index contributed by atoms with van der Waals surface area (Å²) in [6.07, 6.45) is 1.49. The van der Waals surface area contributed by atoms with Crippen molar-refractivity contribution in [3.8, 4) is 0 Å². The molecule has 1 fully saturated rings. The fourth-order valence-corrected chi connectivity index (χ4v) is 2.73. The molecular formula is C16H23FN2O2. The van der Waals surface area contributed by atoms with E-state index in [2.05, 4.69) is 0 Å². The van der Waals surface area contributed by atoms with E-state index in [1.807, 2.05) is 19.0 Å². The van der Waals surface area contributed by atoms with Gasteiger partial charge >= 0.3 is 0 Å². The average Bonchev–Trinajstić information content (AvgIpc) is 2.83. The Kier molecular flexibility index (Phi) is 5.31. The van der Waals surface area contributed by atoms with Gasteiger partial charge in [0.25, 0.3) is 0 Å². The third-order valence-electron chi connectivity index (χ3n) is 4.04. The van der Waals surface area contributed by atoms with E-state index in [0.29, 0.717) is 19.5 Å². The number of carbonyl (C=O) groups excluding carboxylic acids is 1.